The van der Waals surface area contributed by atoms with Crippen LogP contribution in [0, 0.1) is 0 Å². The summed E-state index contributed by atoms with van der Waals surface area (Å²) in [5.41, 5.74) is 1.24. The standard InChI is InChI=1S/C22H17O6P/c1-25-17-11-13-7-3-5-9-15(13)19-20-16-10-6-4-8-14(16)12-18(26-2)22(20)28-29(23,24)27-21(17)19/h3-12H,1-2H3,(H,23,24). The molecular weight excluding hydrogens is 391 g/mol. The fourth-order valence-corrected chi connectivity index (χ4v) is 4.70. The van der Waals surface area contributed by atoms with Crippen molar-refractivity contribution in [2.24, 2.45) is 0 Å². The fraction of sp³-hybridized carbons (Fsp3) is 0.0909. The lowest BCUT2D eigenvalue weighted by Gasteiger charge is -2.17. The van der Waals surface area contributed by atoms with Gasteiger partial charge < -0.3 is 18.5 Å². The van der Waals surface area contributed by atoms with E-state index in [0.717, 1.165) is 21.5 Å². The molecule has 0 unspecified atom stereocenters. The van der Waals surface area contributed by atoms with Crippen LogP contribution in [0.15, 0.2) is 60.7 Å². The monoisotopic (exact) mass is 408 g/mol. The molecule has 0 aliphatic carbocycles. The summed E-state index contributed by atoms with van der Waals surface area (Å²) in [6, 6.07) is 19.0. The number of methoxy groups -OCH3 is 2. The Morgan fingerprint density at radius 1 is 0.759 bits per heavy atom. The van der Waals surface area contributed by atoms with Crippen molar-refractivity contribution >= 4 is 29.4 Å². The fourth-order valence-electron chi connectivity index (χ4n) is 3.84. The first-order valence-electron chi connectivity index (χ1n) is 8.94. The van der Waals surface area contributed by atoms with Crippen LogP contribution in [0.1, 0.15) is 0 Å². The number of ether oxygens (including phenoxy) is 2. The maximum absolute atomic E-state index is 12.8. The molecule has 4 aromatic carbocycles. The molecule has 146 valence electrons. The number of phosphoric ester groups is 1. The van der Waals surface area contributed by atoms with Crippen LogP contribution in [0.2, 0.25) is 0 Å². The van der Waals surface area contributed by atoms with Crippen molar-refractivity contribution in [3.8, 4) is 34.1 Å². The van der Waals surface area contributed by atoms with Gasteiger partial charge in [-0.15, -0.1) is 0 Å². The van der Waals surface area contributed by atoms with E-state index < -0.39 is 7.82 Å². The van der Waals surface area contributed by atoms with Gasteiger partial charge in [0.05, 0.1) is 14.2 Å². The lowest BCUT2D eigenvalue weighted by molar-refractivity contribution is 0.282. The van der Waals surface area contributed by atoms with E-state index in [1.807, 2.05) is 48.5 Å². The normalized spacial score (nSPS) is 14.3. The predicted molar refractivity (Wildman–Crippen MR) is 111 cm³/mol. The zero-order valence-electron chi connectivity index (χ0n) is 15.7. The molecular formula is C22H17O6P. The molecule has 0 fully saturated rings. The molecule has 0 aromatic heterocycles. The van der Waals surface area contributed by atoms with Crippen molar-refractivity contribution in [2.75, 3.05) is 14.2 Å². The minimum absolute atomic E-state index is 0.161. The maximum atomic E-state index is 12.8. The van der Waals surface area contributed by atoms with Crippen molar-refractivity contribution < 1.29 is 28.0 Å². The first-order chi connectivity index (χ1) is 14.0. The summed E-state index contributed by atoms with van der Waals surface area (Å²) in [6.45, 7) is 0. The Labute approximate surface area is 166 Å². The van der Waals surface area contributed by atoms with E-state index in [2.05, 4.69) is 0 Å². The van der Waals surface area contributed by atoms with Crippen LogP contribution in [0.5, 0.6) is 23.0 Å². The van der Waals surface area contributed by atoms with Crippen LogP contribution in [0.25, 0.3) is 32.7 Å². The Morgan fingerprint density at radius 3 is 1.59 bits per heavy atom. The van der Waals surface area contributed by atoms with Crippen molar-refractivity contribution in [2.45, 2.75) is 0 Å². The molecule has 0 radical (unpaired) electrons. The molecule has 5 rings (SSSR count). The van der Waals surface area contributed by atoms with Crippen LogP contribution in [0.4, 0.5) is 0 Å². The topological polar surface area (TPSA) is 74.2 Å². The van der Waals surface area contributed by atoms with Gasteiger partial charge in [0.2, 0.25) is 0 Å². The van der Waals surface area contributed by atoms with Crippen molar-refractivity contribution in [1.82, 2.24) is 0 Å². The molecule has 29 heavy (non-hydrogen) atoms. The van der Waals surface area contributed by atoms with E-state index in [1.165, 1.54) is 14.2 Å². The zero-order chi connectivity index (χ0) is 20.2. The van der Waals surface area contributed by atoms with Crippen LogP contribution >= 0.6 is 7.82 Å². The highest BCUT2D eigenvalue weighted by Crippen LogP contribution is 2.61. The summed E-state index contributed by atoms with van der Waals surface area (Å²) in [7, 11) is -1.51. The quantitative estimate of drug-likeness (QED) is 0.439. The van der Waals surface area contributed by atoms with Gasteiger partial charge in [-0.2, -0.15) is 0 Å². The summed E-state index contributed by atoms with van der Waals surface area (Å²) in [5.74, 6) is 1.01. The van der Waals surface area contributed by atoms with E-state index in [-0.39, 0.29) is 11.5 Å². The first-order valence-corrected chi connectivity index (χ1v) is 10.4. The average molecular weight is 408 g/mol. The van der Waals surface area contributed by atoms with E-state index in [0.29, 0.717) is 22.6 Å². The second kappa shape index (κ2) is 6.41. The second-order valence-corrected chi connectivity index (χ2v) is 7.96. The minimum Gasteiger partial charge on any atom is -0.493 e. The zero-order valence-corrected chi connectivity index (χ0v) is 16.6. The predicted octanol–water partition coefficient (Wildman–Crippen LogP) is 5.55. The van der Waals surface area contributed by atoms with Gasteiger partial charge in [0, 0.05) is 11.1 Å². The highest BCUT2D eigenvalue weighted by molar-refractivity contribution is 7.48. The third-order valence-electron chi connectivity index (χ3n) is 5.04. The van der Waals surface area contributed by atoms with Crippen LogP contribution in [-0.4, -0.2) is 19.1 Å². The molecule has 1 aliphatic heterocycles. The Kier molecular flexibility index (Phi) is 3.95. The summed E-state index contributed by atoms with van der Waals surface area (Å²) in [6.07, 6.45) is 0. The van der Waals surface area contributed by atoms with E-state index >= 15 is 0 Å². The van der Waals surface area contributed by atoms with Crippen molar-refractivity contribution in [3.63, 3.8) is 0 Å². The largest absolute Gasteiger partial charge is 0.585 e. The molecule has 0 bridgehead atoms. The molecule has 1 heterocycles. The Bertz CT molecular complexity index is 1230. The molecule has 0 saturated carbocycles. The first kappa shape index (κ1) is 17.9. The number of rotatable bonds is 2. The second-order valence-electron chi connectivity index (χ2n) is 6.66. The number of fused-ring (bicyclic) bond motifs is 7. The van der Waals surface area contributed by atoms with Gasteiger partial charge in [0.1, 0.15) is 0 Å². The summed E-state index contributed by atoms with van der Waals surface area (Å²) in [4.78, 5) is 10.4. The van der Waals surface area contributed by atoms with Gasteiger partial charge in [-0.25, -0.2) is 4.57 Å². The summed E-state index contributed by atoms with van der Waals surface area (Å²) < 4.78 is 34.8. The van der Waals surface area contributed by atoms with Gasteiger partial charge in [-0.1, -0.05) is 48.5 Å². The van der Waals surface area contributed by atoms with Crippen LogP contribution in [0.3, 0.4) is 0 Å². The number of hydrogen-bond donors (Lipinski definition) is 1. The average Bonchev–Trinajstić information content (AvgIpc) is 2.85. The van der Waals surface area contributed by atoms with Crippen molar-refractivity contribution in [3.05, 3.63) is 60.7 Å². The Hall–Kier alpha value is -3.21. The lowest BCUT2D eigenvalue weighted by Crippen LogP contribution is -2.00. The summed E-state index contributed by atoms with van der Waals surface area (Å²) in [5, 5.41) is 3.49. The Balaban J connectivity index is 2.07. The van der Waals surface area contributed by atoms with Crippen LogP contribution in [-0.2, 0) is 4.57 Å². The maximum Gasteiger partial charge on any atom is 0.585 e. The van der Waals surface area contributed by atoms with Crippen molar-refractivity contribution in [1.29, 1.82) is 0 Å². The summed E-state index contributed by atoms with van der Waals surface area (Å²) >= 11 is 0. The highest BCUT2D eigenvalue weighted by atomic mass is 31.2. The third kappa shape index (κ3) is 2.72. The van der Waals surface area contributed by atoms with Gasteiger partial charge >= 0.3 is 7.82 Å². The molecule has 0 spiro atoms. The van der Waals surface area contributed by atoms with E-state index in [4.69, 9.17) is 18.5 Å². The van der Waals surface area contributed by atoms with Gasteiger partial charge in [-0.05, 0) is 33.7 Å². The molecule has 0 saturated heterocycles. The molecule has 6 nitrogen and oxygen atoms in total. The van der Waals surface area contributed by atoms with Gasteiger partial charge in [0.25, 0.3) is 0 Å². The smallest absolute Gasteiger partial charge is 0.493 e. The SMILES string of the molecule is COc1cc2ccccc2c2c1OP(=O)(O)Oc1c(OC)cc3ccccc3c1-2. The number of hydrogen-bond acceptors (Lipinski definition) is 5. The molecule has 1 N–H and O–H groups in total. The molecule has 0 amide bonds. The molecule has 7 heteroatoms. The number of phosphoric acid groups is 1. The minimum atomic E-state index is -4.49. The third-order valence-corrected chi connectivity index (χ3v) is 5.86. The lowest BCUT2D eigenvalue weighted by atomic mass is 9.91. The van der Waals surface area contributed by atoms with E-state index in [1.54, 1.807) is 12.1 Å². The Morgan fingerprint density at radius 2 is 1.17 bits per heavy atom. The number of benzene rings is 4. The highest BCUT2D eigenvalue weighted by Gasteiger charge is 2.37. The van der Waals surface area contributed by atoms with Gasteiger partial charge in [0.15, 0.2) is 23.0 Å². The van der Waals surface area contributed by atoms with E-state index in [9.17, 15) is 9.46 Å². The van der Waals surface area contributed by atoms with Crippen LogP contribution < -0.4 is 18.5 Å². The van der Waals surface area contributed by atoms with Gasteiger partial charge in [-0.3, -0.25) is 4.89 Å². The molecule has 0 atom stereocenters. The molecule has 4 aromatic rings. The molecule has 1 aliphatic rings.